The summed E-state index contributed by atoms with van der Waals surface area (Å²) in [6.07, 6.45) is 2.54. The molecule has 0 saturated heterocycles. The fraction of sp³-hybridized carbons (Fsp3) is 0.444. The monoisotopic (exact) mass is 167 g/mol. The molecule has 1 atom stereocenters. The standard InChI is InChI=1S/C9H13NO2/c1-2-8(10)9(11)6-7-4-3-5-12-7/h3-5,8H,2,6,10H2,1H3. The van der Waals surface area contributed by atoms with Crippen LogP contribution in [0.3, 0.4) is 0 Å². The average molecular weight is 167 g/mol. The first-order valence-electron chi connectivity index (χ1n) is 4.04. The summed E-state index contributed by atoms with van der Waals surface area (Å²) in [5, 5.41) is 0. The molecule has 0 bridgehead atoms. The van der Waals surface area contributed by atoms with Gasteiger partial charge in [0.1, 0.15) is 5.76 Å². The van der Waals surface area contributed by atoms with E-state index in [9.17, 15) is 4.79 Å². The van der Waals surface area contributed by atoms with Gasteiger partial charge in [-0.25, -0.2) is 0 Å². The molecule has 66 valence electrons. The molecule has 0 aliphatic heterocycles. The Morgan fingerprint density at radius 3 is 3.00 bits per heavy atom. The first-order chi connectivity index (χ1) is 5.74. The van der Waals surface area contributed by atoms with Gasteiger partial charge in [0.05, 0.1) is 18.7 Å². The molecule has 3 heteroatoms. The highest BCUT2D eigenvalue weighted by atomic mass is 16.3. The van der Waals surface area contributed by atoms with Crippen molar-refractivity contribution >= 4 is 5.78 Å². The van der Waals surface area contributed by atoms with E-state index >= 15 is 0 Å². The van der Waals surface area contributed by atoms with E-state index in [0.29, 0.717) is 18.6 Å². The molecule has 1 rings (SSSR count). The summed E-state index contributed by atoms with van der Waals surface area (Å²) in [7, 11) is 0. The fourth-order valence-corrected chi connectivity index (χ4v) is 0.944. The van der Waals surface area contributed by atoms with Crippen LogP contribution < -0.4 is 5.73 Å². The summed E-state index contributed by atoms with van der Waals surface area (Å²) in [6, 6.07) is 3.19. The second-order valence-electron chi connectivity index (χ2n) is 2.74. The highest BCUT2D eigenvalue weighted by Crippen LogP contribution is 2.03. The van der Waals surface area contributed by atoms with Crippen molar-refractivity contribution in [3.8, 4) is 0 Å². The van der Waals surface area contributed by atoms with E-state index in [0.717, 1.165) is 0 Å². The van der Waals surface area contributed by atoms with E-state index in [2.05, 4.69) is 0 Å². The largest absolute Gasteiger partial charge is 0.469 e. The lowest BCUT2D eigenvalue weighted by atomic mass is 10.1. The van der Waals surface area contributed by atoms with Crippen LogP contribution in [-0.2, 0) is 11.2 Å². The minimum atomic E-state index is -0.352. The van der Waals surface area contributed by atoms with Crippen molar-refractivity contribution in [1.82, 2.24) is 0 Å². The molecule has 0 aliphatic carbocycles. The zero-order valence-electron chi connectivity index (χ0n) is 7.12. The summed E-state index contributed by atoms with van der Waals surface area (Å²) >= 11 is 0. The maximum atomic E-state index is 11.3. The molecule has 0 radical (unpaired) electrons. The number of Topliss-reactive ketones (excluding diaryl/α,β-unsaturated/α-hetero) is 1. The van der Waals surface area contributed by atoms with Crippen LogP contribution in [0.1, 0.15) is 19.1 Å². The third-order valence-corrected chi connectivity index (χ3v) is 1.78. The Morgan fingerprint density at radius 2 is 2.50 bits per heavy atom. The predicted octanol–water partition coefficient (Wildman–Crippen LogP) is 1.13. The fourth-order valence-electron chi connectivity index (χ4n) is 0.944. The third-order valence-electron chi connectivity index (χ3n) is 1.78. The van der Waals surface area contributed by atoms with Crippen molar-refractivity contribution in [1.29, 1.82) is 0 Å². The SMILES string of the molecule is CCC(N)C(=O)Cc1ccco1. The molecule has 1 aromatic rings. The predicted molar refractivity (Wildman–Crippen MR) is 45.7 cm³/mol. The molecular formula is C9H13NO2. The molecule has 0 amide bonds. The number of hydrogen-bond donors (Lipinski definition) is 1. The molecule has 0 saturated carbocycles. The minimum absolute atomic E-state index is 0.0347. The lowest BCUT2D eigenvalue weighted by Crippen LogP contribution is -2.30. The quantitative estimate of drug-likeness (QED) is 0.731. The minimum Gasteiger partial charge on any atom is -0.469 e. The Morgan fingerprint density at radius 1 is 1.75 bits per heavy atom. The van der Waals surface area contributed by atoms with Gasteiger partial charge in [-0.1, -0.05) is 6.92 Å². The normalized spacial score (nSPS) is 12.8. The maximum Gasteiger partial charge on any atom is 0.157 e. The molecule has 1 unspecified atom stereocenters. The van der Waals surface area contributed by atoms with E-state index in [-0.39, 0.29) is 11.8 Å². The molecule has 12 heavy (non-hydrogen) atoms. The van der Waals surface area contributed by atoms with Crippen LogP contribution in [-0.4, -0.2) is 11.8 Å². The van der Waals surface area contributed by atoms with Crippen molar-refractivity contribution in [2.75, 3.05) is 0 Å². The van der Waals surface area contributed by atoms with Crippen molar-refractivity contribution < 1.29 is 9.21 Å². The molecule has 0 spiro atoms. The lowest BCUT2D eigenvalue weighted by molar-refractivity contribution is -0.119. The van der Waals surface area contributed by atoms with Gasteiger partial charge < -0.3 is 10.2 Å². The number of carbonyl (C=O) groups excluding carboxylic acids is 1. The van der Waals surface area contributed by atoms with Gasteiger partial charge in [-0.15, -0.1) is 0 Å². The van der Waals surface area contributed by atoms with Crippen LogP contribution in [0.2, 0.25) is 0 Å². The van der Waals surface area contributed by atoms with Gasteiger partial charge in [0, 0.05) is 0 Å². The number of ketones is 1. The summed E-state index contributed by atoms with van der Waals surface area (Å²) in [5.41, 5.74) is 5.54. The van der Waals surface area contributed by atoms with E-state index in [1.165, 1.54) is 0 Å². The van der Waals surface area contributed by atoms with E-state index in [1.54, 1.807) is 18.4 Å². The van der Waals surface area contributed by atoms with Gasteiger partial charge in [0.2, 0.25) is 0 Å². The summed E-state index contributed by atoms with van der Waals surface area (Å²) in [6.45, 7) is 1.89. The van der Waals surface area contributed by atoms with E-state index < -0.39 is 0 Å². The number of nitrogens with two attached hydrogens (primary N) is 1. The summed E-state index contributed by atoms with van der Waals surface area (Å²) in [5.74, 6) is 0.719. The molecule has 2 N–H and O–H groups in total. The highest BCUT2D eigenvalue weighted by molar-refractivity contribution is 5.85. The van der Waals surface area contributed by atoms with Gasteiger partial charge in [0.15, 0.2) is 5.78 Å². The molecule has 1 aromatic heterocycles. The van der Waals surface area contributed by atoms with Crippen LogP contribution in [0.15, 0.2) is 22.8 Å². The van der Waals surface area contributed by atoms with Gasteiger partial charge in [-0.2, -0.15) is 0 Å². The molecule has 0 fully saturated rings. The summed E-state index contributed by atoms with van der Waals surface area (Å²) in [4.78, 5) is 11.3. The van der Waals surface area contributed by atoms with Crippen molar-refractivity contribution in [3.05, 3.63) is 24.2 Å². The van der Waals surface area contributed by atoms with Crippen LogP contribution in [0.5, 0.6) is 0 Å². The van der Waals surface area contributed by atoms with Crippen LogP contribution in [0.4, 0.5) is 0 Å². The molecule has 1 heterocycles. The van der Waals surface area contributed by atoms with Crippen molar-refractivity contribution in [2.24, 2.45) is 5.73 Å². The number of hydrogen-bond acceptors (Lipinski definition) is 3. The Hall–Kier alpha value is -1.09. The van der Waals surface area contributed by atoms with Crippen molar-refractivity contribution in [3.63, 3.8) is 0 Å². The van der Waals surface area contributed by atoms with E-state index in [4.69, 9.17) is 10.2 Å². The Kier molecular flexibility index (Phi) is 3.05. The third kappa shape index (κ3) is 2.20. The molecule has 0 aromatic carbocycles. The van der Waals surface area contributed by atoms with Gasteiger partial charge in [0.25, 0.3) is 0 Å². The summed E-state index contributed by atoms with van der Waals surface area (Å²) < 4.78 is 5.02. The second-order valence-corrected chi connectivity index (χ2v) is 2.74. The lowest BCUT2D eigenvalue weighted by Gasteiger charge is -2.04. The van der Waals surface area contributed by atoms with Crippen LogP contribution in [0.25, 0.3) is 0 Å². The van der Waals surface area contributed by atoms with Gasteiger partial charge in [-0.05, 0) is 18.6 Å². The Balaban J connectivity index is 2.47. The highest BCUT2D eigenvalue weighted by Gasteiger charge is 2.12. The Labute approximate surface area is 71.6 Å². The molecule has 3 nitrogen and oxygen atoms in total. The maximum absolute atomic E-state index is 11.3. The average Bonchev–Trinajstić information content (AvgIpc) is 2.55. The van der Waals surface area contributed by atoms with Gasteiger partial charge >= 0.3 is 0 Å². The van der Waals surface area contributed by atoms with Crippen LogP contribution in [0, 0.1) is 0 Å². The number of carbonyl (C=O) groups is 1. The number of rotatable bonds is 4. The van der Waals surface area contributed by atoms with Gasteiger partial charge in [-0.3, -0.25) is 4.79 Å². The zero-order valence-corrected chi connectivity index (χ0v) is 7.12. The molecular weight excluding hydrogens is 154 g/mol. The smallest absolute Gasteiger partial charge is 0.157 e. The number of furan rings is 1. The van der Waals surface area contributed by atoms with Crippen LogP contribution >= 0.6 is 0 Å². The first-order valence-corrected chi connectivity index (χ1v) is 4.04. The molecule has 0 aliphatic rings. The van der Waals surface area contributed by atoms with E-state index in [1.807, 2.05) is 6.92 Å². The second kappa shape index (κ2) is 4.07. The zero-order chi connectivity index (χ0) is 8.97. The first kappa shape index (κ1) is 9.00. The topological polar surface area (TPSA) is 56.2 Å². The Bertz CT molecular complexity index is 241. The van der Waals surface area contributed by atoms with Crippen molar-refractivity contribution in [2.45, 2.75) is 25.8 Å².